The van der Waals surface area contributed by atoms with Crippen molar-refractivity contribution in [2.24, 2.45) is 17.3 Å². The van der Waals surface area contributed by atoms with Gasteiger partial charge in [-0.2, -0.15) is 0 Å². The Kier molecular flexibility index (Phi) is 9.56. The van der Waals surface area contributed by atoms with Crippen LogP contribution in [-0.2, 0) is 28.6 Å². The highest BCUT2D eigenvalue weighted by Crippen LogP contribution is 2.50. The summed E-state index contributed by atoms with van der Waals surface area (Å²) in [5.41, 5.74) is -1.06. The highest BCUT2D eigenvalue weighted by atomic mass is 16.6. The second-order valence-electron chi connectivity index (χ2n) is 8.03. The average Bonchev–Trinajstić information content (AvgIpc) is 2.75. The van der Waals surface area contributed by atoms with Crippen LogP contribution in [0.25, 0.3) is 0 Å². The van der Waals surface area contributed by atoms with Crippen molar-refractivity contribution in [3.05, 3.63) is 49.1 Å². The van der Waals surface area contributed by atoms with Crippen LogP contribution in [0, 0.1) is 17.3 Å². The van der Waals surface area contributed by atoms with Gasteiger partial charge in [0.15, 0.2) is 0 Å². The van der Waals surface area contributed by atoms with Gasteiger partial charge in [0.05, 0.1) is 31.3 Å². The first-order valence-corrected chi connectivity index (χ1v) is 9.93. The molecule has 3 N–H and O–H groups in total. The van der Waals surface area contributed by atoms with Crippen molar-refractivity contribution in [3.8, 4) is 0 Å². The summed E-state index contributed by atoms with van der Waals surface area (Å²) in [5.74, 6) is -4.27. The number of rotatable bonds is 10. The standard InChI is InChI=1S/C23H32O9/c1-8-23(6)9-17(32-22(29)13(3)16(26)11-31-15(5)25)18(14(4)21(28)30-7)20(27)19(23)12(2)10-24/h8,16-20,24,26-27H,1-4,9-11H2,5-7H3/t16-,17-,18-,19+,20+,23-/m0/s1. The van der Waals surface area contributed by atoms with E-state index in [9.17, 15) is 29.7 Å². The van der Waals surface area contributed by atoms with Gasteiger partial charge in [-0.25, -0.2) is 9.59 Å². The third-order valence-corrected chi connectivity index (χ3v) is 5.79. The van der Waals surface area contributed by atoms with E-state index in [4.69, 9.17) is 9.47 Å². The Morgan fingerprint density at radius 2 is 1.81 bits per heavy atom. The molecule has 0 heterocycles. The molecule has 0 bridgehead atoms. The number of carbonyl (C=O) groups is 3. The second-order valence-corrected chi connectivity index (χ2v) is 8.03. The summed E-state index contributed by atoms with van der Waals surface area (Å²) in [6.07, 6.45) is -2.25. The van der Waals surface area contributed by atoms with Crippen LogP contribution in [0.2, 0.25) is 0 Å². The molecule has 0 spiro atoms. The predicted octanol–water partition coefficient (Wildman–Crippen LogP) is 0.845. The Hall–Kier alpha value is -2.75. The van der Waals surface area contributed by atoms with Crippen molar-refractivity contribution in [3.63, 3.8) is 0 Å². The van der Waals surface area contributed by atoms with Crippen LogP contribution >= 0.6 is 0 Å². The summed E-state index contributed by atoms with van der Waals surface area (Å²) in [4.78, 5) is 35.8. The van der Waals surface area contributed by atoms with E-state index in [0.717, 1.165) is 14.0 Å². The molecule has 0 amide bonds. The highest BCUT2D eigenvalue weighted by molar-refractivity contribution is 5.90. The molecule has 1 saturated carbocycles. The first-order chi connectivity index (χ1) is 14.8. The number of hydrogen-bond acceptors (Lipinski definition) is 9. The number of aliphatic hydroxyl groups excluding tert-OH is 3. The Morgan fingerprint density at radius 1 is 1.22 bits per heavy atom. The number of carbonyl (C=O) groups excluding carboxylic acids is 3. The van der Waals surface area contributed by atoms with Crippen molar-refractivity contribution in [2.75, 3.05) is 20.3 Å². The predicted molar refractivity (Wildman–Crippen MR) is 115 cm³/mol. The molecule has 1 rings (SSSR count). The molecule has 0 saturated heterocycles. The lowest BCUT2D eigenvalue weighted by Crippen LogP contribution is -2.54. The van der Waals surface area contributed by atoms with Crippen molar-refractivity contribution in [2.45, 2.75) is 38.6 Å². The number of methoxy groups -OCH3 is 1. The Labute approximate surface area is 187 Å². The summed E-state index contributed by atoms with van der Waals surface area (Å²) in [6.45, 7) is 16.8. The third-order valence-electron chi connectivity index (χ3n) is 5.79. The zero-order valence-electron chi connectivity index (χ0n) is 18.7. The number of allylic oxidation sites excluding steroid dienone is 1. The summed E-state index contributed by atoms with van der Waals surface area (Å²) >= 11 is 0. The van der Waals surface area contributed by atoms with Crippen LogP contribution in [-0.4, -0.2) is 71.9 Å². The van der Waals surface area contributed by atoms with Crippen LogP contribution in [0.3, 0.4) is 0 Å². The normalized spacial score (nSPS) is 28.1. The summed E-state index contributed by atoms with van der Waals surface area (Å²) in [5, 5.41) is 30.8. The van der Waals surface area contributed by atoms with Crippen molar-refractivity contribution >= 4 is 17.9 Å². The van der Waals surface area contributed by atoms with Crippen LogP contribution in [0.5, 0.6) is 0 Å². The first kappa shape index (κ1) is 27.3. The fourth-order valence-electron chi connectivity index (χ4n) is 3.98. The molecule has 0 aliphatic heterocycles. The van der Waals surface area contributed by atoms with Gasteiger partial charge in [-0.15, -0.1) is 6.58 Å². The summed E-state index contributed by atoms with van der Waals surface area (Å²) in [6, 6.07) is 0. The molecule has 0 radical (unpaired) electrons. The van der Waals surface area contributed by atoms with Crippen LogP contribution in [0.15, 0.2) is 49.1 Å². The minimum atomic E-state index is -1.50. The maximum atomic E-state index is 12.6. The van der Waals surface area contributed by atoms with E-state index in [1.807, 2.05) is 0 Å². The van der Waals surface area contributed by atoms with Crippen LogP contribution < -0.4 is 0 Å². The molecule has 6 atom stereocenters. The smallest absolute Gasteiger partial charge is 0.336 e. The van der Waals surface area contributed by atoms with E-state index >= 15 is 0 Å². The molecular weight excluding hydrogens is 420 g/mol. The molecular formula is C23H32O9. The van der Waals surface area contributed by atoms with Crippen LogP contribution in [0.1, 0.15) is 20.3 Å². The van der Waals surface area contributed by atoms with Gasteiger partial charge in [-0.1, -0.05) is 32.7 Å². The maximum Gasteiger partial charge on any atom is 0.336 e. The van der Waals surface area contributed by atoms with Gasteiger partial charge in [0, 0.05) is 18.4 Å². The summed E-state index contributed by atoms with van der Waals surface area (Å²) in [7, 11) is 1.15. The molecule has 32 heavy (non-hydrogen) atoms. The number of hydrogen-bond donors (Lipinski definition) is 3. The Balaban J connectivity index is 3.28. The van der Waals surface area contributed by atoms with Gasteiger partial charge in [0.25, 0.3) is 0 Å². The Bertz CT molecular complexity index is 799. The largest absolute Gasteiger partial charge is 0.466 e. The highest BCUT2D eigenvalue weighted by Gasteiger charge is 2.53. The molecule has 0 aromatic rings. The average molecular weight is 453 g/mol. The van der Waals surface area contributed by atoms with E-state index in [1.165, 1.54) is 0 Å². The second kappa shape index (κ2) is 11.2. The maximum absolute atomic E-state index is 12.6. The number of ether oxygens (including phenoxy) is 3. The van der Waals surface area contributed by atoms with E-state index in [2.05, 4.69) is 31.1 Å². The molecule has 1 fully saturated rings. The van der Waals surface area contributed by atoms with E-state index in [1.54, 1.807) is 13.0 Å². The number of aliphatic hydroxyl groups is 3. The lowest BCUT2D eigenvalue weighted by atomic mass is 9.58. The van der Waals surface area contributed by atoms with Gasteiger partial charge < -0.3 is 29.5 Å². The minimum absolute atomic E-state index is 0.0942. The third kappa shape index (κ3) is 5.93. The molecule has 1 aliphatic carbocycles. The van der Waals surface area contributed by atoms with Gasteiger partial charge in [-0.3, -0.25) is 4.79 Å². The molecule has 0 aromatic carbocycles. The van der Waals surface area contributed by atoms with E-state index in [0.29, 0.717) is 5.57 Å². The molecule has 9 heteroatoms. The molecule has 9 nitrogen and oxygen atoms in total. The van der Waals surface area contributed by atoms with Crippen LogP contribution in [0.4, 0.5) is 0 Å². The molecule has 0 unspecified atom stereocenters. The quantitative estimate of drug-likeness (QED) is 0.190. The minimum Gasteiger partial charge on any atom is -0.466 e. The lowest BCUT2D eigenvalue weighted by Gasteiger charge is -2.50. The summed E-state index contributed by atoms with van der Waals surface area (Å²) < 4.78 is 14.9. The van der Waals surface area contributed by atoms with Gasteiger partial charge >= 0.3 is 17.9 Å². The molecule has 178 valence electrons. The number of esters is 3. The van der Waals surface area contributed by atoms with Crippen molar-refractivity contribution in [1.29, 1.82) is 0 Å². The van der Waals surface area contributed by atoms with Crippen molar-refractivity contribution < 1.29 is 43.9 Å². The van der Waals surface area contributed by atoms with Gasteiger partial charge in [-0.05, 0) is 17.4 Å². The topological polar surface area (TPSA) is 140 Å². The Morgan fingerprint density at radius 3 is 2.28 bits per heavy atom. The molecule has 1 aliphatic rings. The molecule has 0 aromatic heterocycles. The van der Waals surface area contributed by atoms with Gasteiger partial charge in [0.2, 0.25) is 0 Å². The fourth-order valence-corrected chi connectivity index (χ4v) is 3.98. The monoisotopic (exact) mass is 452 g/mol. The zero-order valence-corrected chi connectivity index (χ0v) is 18.7. The fraction of sp³-hybridized carbons (Fsp3) is 0.522. The van der Waals surface area contributed by atoms with Crippen molar-refractivity contribution in [1.82, 2.24) is 0 Å². The SMILES string of the molecule is C=C[C@@]1(C)C[C@H](OC(=O)C(=C)[C@@H](O)COC(C)=O)[C@H](C(=C)C(=O)OC)[C@@H](O)[C@H]1C(=C)CO. The van der Waals surface area contributed by atoms with E-state index < -0.39 is 66.7 Å². The van der Waals surface area contributed by atoms with E-state index in [-0.39, 0.29) is 17.6 Å². The van der Waals surface area contributed by atoms with Gasteiger partial charge in [0.1, 0.15) is 18.8 Å². The zero-order chi connectivity index (χ0) is 24.8. The first-order valence-electron chi connectivity index (χ1n) is 9.93. The lowest BCUT2D eigenvalue weighted by molar-refractivity contribution is -0.163.